The van der Waals surface area contributed by atoms with Crippen molar-refractivity contribution in [2.75, 3.05) is 11.9 Å². The Hall–Kier alpha value is -1.10. The number of thiazole rings is 1. The molecule has 3 N–H and O–H groups in total. The largest absolute Gasteiger partial charge is 0.331 e. The van der Waals surface area contributed by atoms with Crippen LogP contribution in [0.25, 0.3) is 0 Å². The van der Waals surface area contributed by atoms with Gasteiger partial charge in [-0.1, -0.05) is 11.6 Å². The molecule has 0 bridgehead atoms. The molecular formula is C12H14ClN3S. The van der Waals surface area contributed by atoms with E-state index in [0.717, 1.165) is 33.5 Å². The molecule has 5 heteroatoms. The molecule has 0 radical (unpaired) electrons. The van der Waals surface area contributed by atoms with Gasteiger partial charge in [-0.05, 0) is 37.2 Å². The number of anilines is 2. The van der Waals surface area contributed by atoms with E-state index in [0.29, 0.717) is 6.54 Å². The minimum absolute atomic E-state index is 0.628. The molecule has 0 unspecified atom stereocenters. The molecule has 1 aromatic carbocycles. The third-order valence-corrected chi connectivity index (χ3v) is 3.42. The van der Waals surface area contributed by atoms with E-state index in [9.17, 15) is 0 Å². The Balaban J connectivity index is 2.13. The van der Waals surface area contributed by atoms with Crippen molar-refractivity contribution < 1.29 is 0 Å². The van der Waals surface area contributed by atoms with Crippen LogP contribution in [0, 0.1) is 6.92 Å². The van der Waals surface area contributed by atoms with E-state index >= 15 is 0 Å². The molecule has 3 nitrogen and oxygen atoms in total. The SMILES string of the molecule is Cc1cc(Cl)ccc1Nc1nc(CCN)cs1. The normalized spacial score (nSPS) is 10.5. The molecule has 1 heterocycles. The zero-order valence-corrected chi connectivity index (χ0v) is 11.1. The summed E-state index contributed by atoms with van der Waals surface area (Å²) in [6.07, 6.45) is 0.817. The number of aromatic nitrogens is 1. The molecule has 0 atom stereocenters. The lowest BCUT2D eigenvalue weighted by molar-refractivity contribution is 0.936. The van der Waals surface area contributed by atoms with Gasteiger partial charge in [-0.15, -0.1) is 11.3 Å². The Bertz CT molecular complexity index is 510. The first-order chi connectivity index (χ1) is 8.19. The van der Waals surface area contributed by atoms with Gasteiger partial charge in [0, 0.05) is 22.5 Å². The van der Waals surface area contributed by atoms with Gasteiger partial charge in [0.25, 0.3) is 0 Å². The summed E-state index contributed by atoms with van der Waals surface area (Å²) < 4.78 is 0. The first kappa shape index (κ1) is 12.4. The lowest BCUT2D eigenvalue weighted by Crippen LogP contribution is -2.02. The number of halogens is 1. The zero-order chi connectivity index (χ0) is 12.3. The van der Waals surface area contributed by atoms with Gasteiger partial charge in [-0.2, -0.15) is 0 Å². The summed E-state index contributed by atoms with van der Waals surface area (Å²) in [5.41, 5.74) is 8.66. The average Bonchev–Trinajstić information content (AvgIpc) is 2.71. The van der Waals surface area contributed by atoms with Gasteiger partial charge >= 0.3 is 0 Å². The molecule has 0 aliphatic heterocycles. The first-order valence-corrected chi connectivity index (χ1v) is 6.62. The van der Waals surface area contributed by atoms with Crippen LogP contribution in [0.3, 0.4) is 0 Å². The summed E-state index contributed by atoms with van der Waals surface area (Å²) in [5, 5.41) is 6.95. The van der Waals surface area contributed by atoms with Crippen LogP contribution in [-0.2, 0) is 6.42 Å². The smallest absolute Gasteiger partial charge is 0.187 e. The summed E-state index contributed by atoms with van der Waals surface area (Å²) in [4.78, 5) is 4.45. The third kappa shape index (κ3) is 3.19. The molecule has 0 saturated carbocycles. The van der Waals surface area contributed by atoms with Crippen LogP contribution in [0.4, 0.5) is 10.8 Å². The highest BCUT2D eigenvalue weighted by Crippen LogP contribution is 2.25. The Kier molecular flexibility index (Phi) is 3.99. The van der Waals surface area contributed by atoms with E-state index in [4.69, 9.17) is 17.3 Å². The maximum Gasteiger partial charge on any atom is 0.187 e. The van der Waals surface area contributed by atoms with Crippen LogP contribution in [0.15, 0.2) is 23.6 Å². The van der Waals surface area contributed by atoms with Gasteiger partial charge in [-0.3, -0.25) is 0 Å². The average molecular weight is 268 g/mol. The van der Waals surface area contributed by atoms with Crippen LogP contribution in [0.5, 0.6) is 0 Å². The molecule has 2 aromatic rings. The van der Waals surface area contributed by atoms with Crippen molar-refractivity contribution in [3.63, 3.8) is 0 Å². The van der Waals surface area contributed by atoms with Gasteiger partial charge < -0.3 is 11.1 Å². The van der Waals surface area contributed by atoms with Crippen molar-refractivity contribution in [2.24, 2.45) is 5.73 Å². The predicted octanol–water partition coefficient (Wildman–Crippen LogP) is 3.35. The van der Waals surface area contributed by atoms with E-state index < -0.39 is 0 Å². The molecule has 0 aliphatic rings. The van der Waals surface area contributed by atoms with Gasteiger partial charge in [0.1, 0.15) is 0 Å². The number of benzene rings is 1. The fraction of sp³-hybridized carbons (Fsp3) is 0.250. The number of hydrogen-bond acceptors (Lipinski definition) is 4. The second-order valence-electron chi connectivity index (χ2n) is 3.77. The molecule has 0 amide bonds. The number of nitrogens with one attached hydrogen (secondary N) is 1. The van der Waals surface area contributed by atoms with Gasteiger partial charge in [0.05, 0.1) is 5.69 Å². The minimum atomic E-state index is 0.628. The van der Waals surface area contributed by atoms with E-state index in [1.165, 1.54) is 0 Å². The third-order valence-electron chi connectivity index (χ3n) is 2.38. The summed E-state index contributed by atoms with van der Waals surface area (Å²) in [5.74, 6) is 0. The molecule has 0 spiro atoms. The molecular weight excluding hydrogens is 254 g/mol. The number of nitrogens with zero attached hydrogens (tertiary/aromatic N) is 1. The molecule has 90 valence electrons. The van der Waals surface area contributed by atoms with Gasteiger partial charge in [0.2, 0.25) is 0 Å². The highest BCUT2D eigenvalue weighted by Gasteiger charge is 2.04. The highest BCUT2D eigenvalue weighted by molar-refractivity contribution is 7.13. The molecule has 17 heavy (non-hydrogen) atoms. The summed E-state index contributed by atoms with van der Waals surface area (Å²) >= 11 is 7.50. The number of hydrogen-bond donors (Lipinski definition) is 2. The van der Waals surface area contributed by atoms with E-state index in [-0.39, 0.29) is 0 Å². The Morgan fingerprint density at radius 2 is 2.29 bits per heavy atom. The zero-order valence-electron chi connectivity index (χ0n) is 9.53. The first-order valence-electron chi connectivity index (χ1n) is 5.36. The predicted molar refractivity (Wildman–Crippen MR) is 74.3 cm³/mol. The second-order valence-corrected chi connectivity index (χ2v) is 5.06. The van der Waals surface area contributed by atoms with Crippen LogP contribution in [0.2, 0.25) is 5.02 Å². The van der Waals surface area contributed by atoms with Gasteiger partial charge in [0.15, 0.2) is 5.13 Å². The molecule has 0 aliphatic carbocycles. The van der Waals surface area contributed by atoms with E-state index in [1.54, 1.807) is 11.3 Å². The second kappa shape index (κ2) is 5.49. The van der Waals surface area contributed by atoms with Gasteiger partial charge in [-0.25, -0.2) is 4.98 Å². The quantitative estimate of drug-likeness (QED) is 0.893. The fourth-order valence-electron chi connectivity index (χ4n) is 1.51. The van der Waals surface area contributed by atoms with Crippen molar-refractivity contribution in [3.8, 4) is 0 Å². The lowest BCUT2D eigenvalue weighted by Gasteiger charge is -2.06. The summed E-state index contributed by atoms with van der Waals surface area (Å²) in [7, 11) is 0. The van der Waals surface area contributed by atoms with Crippen LogP contribution >= 0.6 is 22.9 Å². The van der Waals surface area contributed by atoms with E-state index in [2.05, 4.69) is 10.3 Å². The Morgan fingerprint density at radius 1 is 1.47 bits per heavy atom. The number of nitrogens with two attached hydrogens (primary N) is 1. The van der Waals surface area contributed by atoms with Crippen molar-refractivity contribution in [1.82, 2.24) is 4.98 Å². The molecule has 0 saturated heterocycles. The van der Waals surface area contributed by atoms with E-state index in [1.807, 2.05) is 30.5 Å². The van der Waals surface area contributed by atoms with Crippen molar-refractivity contribution in [3.05, 3.63) is 39.9 Å². The van der Waals surface area contributed by atoms with Crippen LogP contribution < -0.4 is 11.1 Å². The van der Waals surface area contributed by atoms with Crippen LogP contribution in [-0.4, -0.2) is 11.5 Å². The lowest BCUT2D eigenvalue weighted by atomic mass is 10.2. The monoisotopic (exact) mass is 267 g/mol. The highest BCUT2D eigenvalue weighted by atomic mass is 35.5. The Morgan fingerprint density at radius 3 is 3.00 bits per heavy atom. The standard InChI is InChI=1S/C12H14ClN3S/c1-8-6-9(13)2-3-11(8)16-12-15-10(4-5-14)7-17-12/h2-3,6-7H,4-5,14H2,1H3,(H,15,16). The topological polar surface area (TPSA) is 50.9 Å². The summed E-state index contributed by atoms with van der Waals surface area (Å²) in [6, 6.07) is 5.76. The molecule has 0 fully saturated rings. The maximum atomic E-state index is 5.91. The van der Waals surface area contributed by atoms with Crippen molar-refractivity contribution >= 4 is 33.8 Å². The van der Waals surface area contributed by atoms with Crippen molar-refractivity contribution in [2.45, 2.75) is 13.3 Å². The van der Waals surface area contributed by atoms with Crippen LogP contribution in [0.1, 0.15) is 11.3 Å². The fourth-order valence-corrected chi connectivity index (χ4v) is 2.49. The maximum absolute atomic E-state index is 5.91. The molecule has 2 rings (SSSR count). The minimum Gasteiger partial charge on any atom is -0.331 e. The summed E-state index contributed by atoms with van der Waals surface area (Å²) in [6.45, 7) is 2.64. The number of rotatable bonds is 4. The Labute approximate surface area is 110 Å². The molecule has 1 aromatic heterocycles. The number of aryl methyl sites for hydroxylation is 1. The van der Waals surface area contributed by atoms with Crippen molar-refractivity contribution in [1.29, 1.82) is 0 Å².